The van der Waals surface area contributed by atoms with Crippen molar-refractivity contribution in [2.45, 2.75) is 65.1 Å². The predicted molar refractivity (Wildman–Crippen MR) is 97.3 cm³/mol. The Hall–Kier alpha value is -2.21. The Kier molecular flexibility index (Phi) is 5.95. The molecule has 6 nitrogen and oxygen atoms in total. The Labute approximate surface area is 149 Å². The lowest BCUT2D eigenvalue weighted by atomic mass is 9.98. The van der Waals surface area contributed by atoms with Gasteiger partial charge in [0.15, 0.2) is 5.82 Å². The van der Waals surface area contributed by atoms with Gasteiger partial charge in [-0.1, -0.05) is 12.1 Å². The number of aryl methyl sites for hydroxylation is 1. The average Bonchev–Trinajstić information content (AvgIpc) is 3.02. The zero-order valence-electron chi connectivity index (χ0n) is 15.7. The number of benzene rings is 1. The molecule has 0 aliphatic carbocycles. The first-order chi connectivity index (χ1) is 11.7. The van der Waals surface area contributed by atoms with Crippen LogP contribution in [0.3, 0.4) is 0 Å². The van der Waals surface area contributed by atoms with Gasteiger partial charge in [-0.15, -0.1) is 10.2 Å². The summed E-state index contributed by atoms with van der Waals surface area (Å²) in [6.07, 6.45) is 3.14. The molecule has 0 bridgehead atoms. The summed E-state index contributed by atoms with van der Waals surface area (Å²) in [5, 5.41) is 20.8. The Balaban J connectivity index is 1.99. The first-order valence-corrected chi connectivity index (χ1v) is 8.69. The topological polar surface area (TPSA) is 80.0 Å². The van der Waals surface area contributed by atoms with Crippen LogP contribution in [-0.2, 0) is 6.42 Å². The first-order valence-electron chi connectivity index (χ1n) is 8.69. The van der Waals surface area contributed by atoms with E-state index in [0.29, 0.717) is 12.0 Å². The lowest BCUT2D eigenvalue weighted by Crippen LogP contribution is -2.29. The second-order valence-electron chi connectivity index (χ2n) is 7.39. The maximum Gasteiger partial charge on any atom is 0.251 e. The quantitative estimate of drug-likeness (QED) is 0.809. The van der Waals surface area contributed by atoms with Crippen molar-refractivity contribution < 1.29 is 9.90 Å². The van der Waals surface area contributed by atoms with Crippen LogP contribution >= 0.6 is 0 Å². The molecule has 0 fully saturated rings. The van der Waals surface area contributed by atoms with Crippen LogP contribution < -0.4 is 5.32 Å². The molecule has 0 saturated carbocycles. The molecule has 1 unspecified atom stereocenters. The molecular weight excluding hydrogens is 316 g/mol. The van der Waals surface area contributed by atoms with Crippen LogP contribution in [0, 0.1) is 0 Å². The largest absolute Gasteiger partial charge is 0.390 e. The summed E-state index contributed by atoms with van der Waals surface area (Å²) < 4.78 is 1.95. The molecule has 0 aliphatic rings. The summed E-state index contributed by atoms with van der Waals surface area (Å²) in [5.41, 5.74) is 1.03. The molecule has 1 amide bonds. The summed E-state index contributed by atoms with van der Waals surface area (Å²) in [5.74, 6) is 0.602. The van der Waals surface area contributed by atoms with E-state index >= 15 is 0 Å². The van der Waals surface area contributed by atoms with Crippen molar-refractivity contribution in [2.75, 3.05) is 0 Å². The highest BCUT2D eigenvalue weighted by Crippen LogP contribution is 2.16. The van der Waals surface area contributed by atoms with Gasteiger partial charge in [0.05, 0.1) is 11.6 Å². The summed E-state index contributed by atoms with van der Waals surface area (Å²) in [6.45, 7) is 9.60. The van der Waals surface area contributed by atoms with E-state index < -0.39 is 5.60 Å². The van der Waals surface area contributed by atoms with Crippen LogP contribution in [0.25, 0.3) is 0 Å². The summed E-state index contributed by atoms with van der Waals surface area (Å²) in [7, 11) is 0. The number of nitrogens with one attached hydrogen (secondary N) is 1. The molecule has 0 radical (unpaired) electrons. The molecule has 2 aromatic rings. The number of hydrogen-bond acceptors (Lipinski definition) is 4. The van der Waals surface area contributed by atoms with Gasteiger partial charge < -0.3 is 15.0 Å². The van der Waals surface area contributed by atoms with E-state index in [1.165, 1.54) is 0 Å². The Morgan fingerprint density at radius 3 is 2.44 bits per heavy atom. The number of carbonyl (C=O) groups excluding carboxylic acids is 1. The number of nitrogens with zero attached hydrogens (tertiary/aromatic N) is 3. The highest BCUT2D eigenvalue weighted by atomic mass is 16.3. The average molecular weight is 344 g/mol. The van der Waals surface area contributed by atoms with Crippen molar-refractivity contribution >= 4 is 5.91 Å². The van der Waals surface area contributed by atoms with E-state index in [4.69, 9.17) is 0 Å². The van der Waals surface area contributed by atoms with Crippen LogP contribution in [0.2, 0.25) is 0 Å². The highest BCUT2D eigenvalue weighted by molar-refractivity contribution is 5.94. The Morgan fingerprint density at radius 1 is 1.24 bits per heavy atom. The van der Waals surface area contributed by atoms with Crippen molar-refractivity contribution in [3.8, 4) is 0 Å². The molecule has 2 rings (SSSR count). The normalized spacial score (nSPS) is 13.1. The zero-order valence-corrected chi connectivity index (χ0v) is 15.7. The van der Waals surface area contributed by atoms with Gasteiger partial charge in [-0.05, 0) is 65.2 Å². The van der Waals surface area contributed by atoms with Gasteiger partial charge in [-0.3, -0.25) is 4.79 Å². The van der Waals surface area contributed by atoms with Gasteiger partial charge in [0, 0.05) is 11.6 Å². The van der Waals surface area contributed by atoms with Crippen LogP contribution in [-0.4, -0.2) is 31.4 Å². The Bertz CT molecular complexity index is 699. The second-order valence-corrected chi connectivity index (χ2v) is 7.39. The molecular formula is C19H28N4O2. The van der Waals surface area contributed by atoms with Gasteiger partial charge in [0.25, 0.3) is 5.91 Å². The van der Waals surface area contributed by atoms with Crippen LogP contribution in [0.15, 0.2) is 30.6 Å². The molecule has 0 spiro atoms. The molecule has 6 heteroatoms. The monoisotopic (exact) mass is 344 g/mol. The van der Waals surface area contributed by atoms with E-state index in [2.05, 4.69) is 15.5 Å². The van der Waals surface area contributed by atoms with Crippen LogP contribution in [0.1, 0.15) is 74.9 Å². The SMILES string of the molecule is CC(NC(=O)c1ccc(CCC(C)(C)O)cc1)c1nncn1C(C)C. The number of amides is 1. The maximum atomic E-state index is 12.5. The molecule has 1 heterocycles. The highest BCUT2D eigenvalue weighted by Gasteiger charge is 2.18. The Morgan fingerprint density at radius 2 is 1.88 bits per heavy atom. The minimum absolute atomic E-state index is 0.139. The van der Waals surface area contributed by atoms with E-state index in [9.17, 15) is 9.90 Å². The second kappa shape index (κ2) is 7.78. The van der Waals surface area contributed by atoms with Crippen molar-refractivity contribution in [2.24, 2.45) is 0 Å². The fourth-order valence-electron chi connectivity index (χ4n) is 2.58. The molecule has 25 heavy (non-hydrogen) atoms. The van der Waals surface area contributed by atoms with Gasteiger partial charge in [-0.25, -0.2) is 0 Å². The minimum atomic E-state index is -0.683. The van der Waals surface area contributed by atoms with E-state index in [1.807, 2.05) is 49.6 Å². The zero-order chi connectivity index (χ0) is 18.6. The van der Waals surface area contributed by atoms with E-state index in [-0.39, 0.29) is 18.0 Å². The number of aromatic nitrogens is 3. The third kappa shape index (κ3) is 5.39. The predicted octanol–water partition coefficient (Wildman–Crippen LogP) is 3.05. The fraction of sp³-hybridized carbons (Fsp3) is 0.526. The van der Waals surface area contributed by atoms with Crippen LogP contribution in [0.4, 0.5) is 0 Å². The van der Waals surface area contributed by atoms with Crippen molar-refractivity contribution in [1.82, 2.24) is 20.1 Å². The molecule has 0 aliphatic heterocycles. The molecule has 0 saturated heterocycles. The molecule has 1 aromatic heterocycles. The lowest BCUT2D eigenvalue weighted by molar-refractivity contribution is 0.0713. The van der Waals surface area contributed by atoms with Gasteiger partial charge in [0.1, 0.15) is 6.33 Å². The number of carbonyl (C=O) groups is 1. The van der Waals surface area contributed by atoms with Gasteiger partial charge in [0.2, 0.25) is 0 Å². The number of hydrogen-bond donors (Lipinski definition) is 2. The molecule has 136 valence electrons. The van der Waals surface area contributed by atoms with Crippen LogP contribution in [0.5, 0.6) is 0 Å². The minimum Gasteiger partial charge on any atom is -0.390 e. The standard InChI is InChI=1S/C19H28N4O2/c1-13(2)23-12-20-22-17(23)14(3)21-18(24)16-8-6-15(7-9-16)10-11-19(4,5)25/h6-9,12-14,25H,10-11H2,1-5H3,(H,21,24). The third-order valence-corrected chi connectivity index (χ3v) is 4.13. The third-order valence-electron chi connectivity index (χ3n) is 4.13. The number of aliphatic hydroxyl groups is 1. The summed E-state index contributed by atoms with van der Waals surface area (Å²) in [4.78, 5) is 12.5. The van der Waals surface area contributed by atoms with Crippen molar-refractivity contribution in [3.63, 3.8) is 0 Å². The van der Waals surface area contributed by atoms with Gasteiger partial charge in [-0.2, -0.15) is 0 Å². The molecule has 2 N–H and O–H groups in total. The number of rotatable bonds is 7. The molecule has 1 aromatic carbocycles. The summed E-state index contributed by atoms with van der Waals surface area (Å²) in [6, 6.07) is 7.50. The first kappa shape index (κ1) is 19.1. The lowest BCUT2D eigenvalue weighted by Gasteiger charge is -2.17. The van der Waals surface area contributed by atoms with E-state index in [1.54, 1.807) is 20.2 Å². The summed E-state index contributed by atoms with van der Waals surface area (Å²) >= 11 is 0. The van der Waals surface area contributed by atoms with Crippen molar-refractivity contribution in [3.05, 3.63) is 47.5 Å². The van der Waals surface area contributed by atoms with Crippen molar-refractivity contribution in [1.29, 1.82) is 0 Å². The smallest absolute Gasteiger partial charge is 0.251 e. The maximum absolute atomic E-state index is 12.5. The molecule has 1 atom stereocenters. The fourth-order valence-corrected chi connectivity index (χ4v) is 2.58. The van der Waals surface area contributed by atoms with E-state index in [0.717, 1.165) is 17.8 Å². The van der Waals surface area contributed by atoms with Gasteiger partial charge >= 0.3 is 0 Å².